The van der Waals surface area contributed by atoms with Gasteiger partial charge in [-0.2, -0.15) is 0 Å². The zero-order valence-electron chi connectivity index (χ0n) is 12.3. The van der Waals surface area contributed by atoms with E-state index in [2.05, 4.69) is 5.32 Å². The fraction of sp³-hybridized carbons (Fsp3) is 0.467. The minimum Gasteiger partial charge on any atom is -0.389 e. The quantitative estimate of drug-likeness (QED) is 0.499. The maximum Gasteiger partial charge on any atom is 0.224 e. The number of nitrogens with two attached hydrogens (primary N) is 1. The molecule has 1 rings (SSSR count). The molecule has 1 aromatic carbocycles. The predicted molar refractivity (Wildman–Crippen MR) is 86.4 cm³/mol. The fourth-order valence-corrected chi connectivity index (χ4v) is 1.82. The number of carbonyl (C=O) groups is 1. The van der Waals surface area contributed by atoms with Crippen molar-refractivity contribution in [2.24, 2.45) is 5.73 Å². The minimum absolute atomic E-state index is 0.00466. The number of thiocarbonyl (C=S) groups is 1. The Hall–Kier alpha value is -1.50. The Kier molecular flexibility index (Phi) is 8.57. The van der Waals surface area contributed by atoms with Crippen LogP contribution in [0, 0.1) is 0 Å². The zero-order valence-corrected chi connectivity index (χ0v) is 13.1. The van der Waals surface area contributed by atoms with Crippen LogP contribution < -0.4 is 11.1 Å². The van der Waals surface area contributed by atoms with E-state index in [0.717, 1.165) is 17.5 Å². The second-order valence-corrected chi connectivity index (χ2v) is 4.99. The number of hydrogen-bond acceptors (Lipinski definition) is 4. The van der Waals surface area contributed by atoms with Crippen LogP contribution in [0.2, 0.25) is 0 Å². The van der Waals surface area contributed by atoms with Crippen LogP contribution in [0.1, 0.15) is 17.5 Å². The molecular formula is C15H22N2O3S. The molecule has 0 aromatic heterocycles. The molecule has 1 amide bonds. The summed E-state index contributed by atoms with van der Waals surface area (Å²) in [4.78, 5) is 12.1. The topological polar surface area (TPSA) is 73.6 Å². The molecule has 0 aliphatic rings. The molecule has 0 aliphatic heterocycles. The molecule has 6 heteroatoms. The Bertz CT molecular complexity index is 449. The highest BCUT2D eigenvalue weighted by molar-refractivity contribution is 7.80. The minimum atomic E-state index is -0.00466. The van der Waals surface area contributed by atoms with Gasteiger partial charge in [0.2, 0.25) is 5.91 Å². The lowest BCUT2D eigenvalue weighted by atomic mass is 10.1. The van der Waals surface area contributed by atoms with Crippen molar-refractivity contribution >= 4 is 23.1 Å². The van der Waals surface area contributed by atoms with Crippen LogP contribution in [0.5, 0.6) is 0 Å². The molecule has 0 aliphatic carbocycles. The standard InChI is InChI=1S/C15H22N2O3S/c1-19-9-10-20-8-2-7-17-14(18)11-12-3-5-13(6-4-12)15(16)21/h3-6H,2,7-11H2,1H3,(H2,16,21)(H,17,18). The van der Waals surface area contributed by atoms with E-state index in [0.29, 0.717) is 37.8 Å². The van der Waals surface area contributed by atoms with E-state index >= 15 is 0 Å². The largest absolute Gasteiger partial charge is 0.389 e. The highest BCUT2D eigenvalue weighted by Crippen LogP contribution is 2.05. The average Bonchev–Trinajstić information content (AvgIpc) is 2.47. The first-order valence-electron chi connectivity index (χ1n) is 6.85. The monoisotopic (exact) mass is 310 g/mol. The second-order valence-electron chi connectivity index (χ2n) is 4.55. The Balaban J connectivity index is 2.17. The van der Waals surface area contributed by atoms with Crippen LogP contribution in [0.4, 0.5) is 0 Å². The van der Waals surface area contributed by atoms with Gasteiger partial charge in [-0.05, 0) is 12.0 Å². The molecule has 1 aromatic rings. The Labute approximate surface area is 130 Å². The van der Waals surface area contributed by atoms with E-state index < -0.39 is 0 Å². The van der Waals surface area contributed by atoms with Crippen molar-refractivity contribution in [3.8, 4) is 0 Å². The van der Waals surface area contributed by atoms with Crippen LogP contribution in [0.3, 0.4) is 0 Å². The molecule has 3 N–H and O–H groups in total. The van der Waals surface area contributed by atoms with E-state index in [1.807, 2.05) is 24.3 Å². The molecule has 0 bridgehead atoms. The third-order valence-electron chi connectivity index (χ3n) is 2.82. The Morgan fingerprint density at radius 3 is 2.57 bits per heavy atom. The third kappa shape index (κ3) is 7.75. The normalized spacial score (nSPS) is 10.3. The summed E-state index contributed by atoms with van der Waals surface area (Å²) >= 11 is 4.88. The van der Waals surface area contributed by atoms with Crippen molar-refractivity contribution in [3.63, 3.8) is 0 Å². The molecule has 21 heavy (non-hydrogen) atoms. The van der Waals surface area contributed by atoms with Crippen LogP contribution in [-0.4, -0.2) is 44.4 Å². The highest BCUT2D eigenvalue weighted by atomic mass is 32.1. The summed E-state index contributed by atoms with van der Waals surface area (Å²) in [5, 5.41) is 2.86. The second kappa shape index (κ2) is 10.3. The smallest absolute Gasteiger partial charge is 0.224 e. The van der Waals surface area contributed by atoms with Gasteiger partial charge in [-0.25, -0.2) is 0 Å². The number of rotatable bonds is 10. The number of amides is 1. The van der Waals surface area contributed by atoms with Gasteiger partial charge in [0, 0.05) is 25.8 Å². The molecule has 0 heterocycles. The summed E-state index contributed by atoms with van der Waals surface area (Å²) in [5.41, 5.74) is 7.26. The zero-order chi connectivity index (χ0) is 15.5. The summed E-state index contributed by atoms with van der Waals surface area (Å²) in [7, 11) is 1.64. The number of carbonyl (C=O) groups excluding carboxylic acids is 1. The molecule has 0 spiro atoms. The highest BCUT2D eigenvalue weighted by Gasteiger charge is 2.03. The van der Waals surface area contributed by atoms with E-state index in [1.54, 1.807) is 7.11 Å². The summed E-state index contributed by atoms with van der Waals surface area (Å²) < 4.78 is 10.2. The van der Waals surface area contributed by atoms with Gasteiger partial charge in [0.1, 0.15) is 4.99 Å². The molecule has 0 saturated carbocycles. The van der Waals surface area contributed by atoms with Crippen LogP contribution in [0.25, 0.3) is 0 Å². The lowest BCUT2D eigenvalue weighted by molar-refractivity contribution is -0.120. The summed E-state index contributed by atoms with van der Waals surface area (Å²) in [6.45, 7) is 2.40. The SMILES string of the molecule is COCCOCCCNC(=O)Cc1ccc(C(N)=S)cc1. The van der Waals surface area contributed by atoms with E-state index in [1.165, 1.54) is 0 Å². The molecule has 0 atom stereocenters. The van der Waals surface area contributed by atoms with Gasteiger partial charge >= 0.3 is 0 Å². The summed E-state index contributed by atoms with van der Waals surface area (Å²) in [5.74, 6) is -0.00466. The lowest BCUT2D eigenvalue weighted by Crippen LogP contribution is -2.27. The van der Waals surface area contributed by atoms with Gasteiger partial charge in [-0.15, -0.1) is 0 Å². The number of methoxy groups -OCH3 is 1. The van der Waals surface area contributed by atoms with Crippen LogP contribution in [-0.2, 0) is 20.7 Å². The van der Waals surface area contributed by atoms with E-state index in [9.17, 15) is 4.79 Å². The number of nitrogens with one attached hydrogen (secondary N) is 1. The van der Waals surface area contributed by atoms with Crippen molar-refractivity contribution in [1.82, 2.24) is 5.32 Å². The van der Waals surface area contributed by atoms with Gasteiger partial charge in [0.05, 0.1) is 19.6 Å². The van der Waals surface area contributed by atoms with Crippen molar-refractivity contribution in [2.45, 2.75) is 12.8 Å². The maximum atomic E-state index is 11.7. The fourth-order valence-electron chi connectivity index (χ4n) is 1.68. The average molecular weight is 310 g/mol. The van der Waals surface area contributed by atoms with Gasteiger partial charge in [-0.3, -0.25) is 4.79 Å². The third-order valence-corrected chi connectivity index (χ3v) is 3.06. The van der Waals surface area contributed by atoms with Gasteiger partial charge < -0.3 is 20.5 Å². The van der Waals surface area contributed by atoms with Crippen molar-refractivity contribution in [3.05, 3.63) is 35.4 Å². The first-order chi connectivity index (χ1) is 10.1. The van der Waals surface area contributed by atoms with Crippen molar-refractivity contribution < 1.29 is 14.3 Å². The van der Waals surface area contributed by atoms with Gasteiger partial charge in [0.15, 0.2) is 0 Å². The summed E-state index contributed by atoms with van der Waals surface area (Å²) in [6, 6.07) is 7.38. The van der Waals surface area contributed by atoms with Gasteiger partial charge in [-0.1, -0.05) is 36.5 Å². The van der Waals surface area contributed by atoms with Gasteiger partial charge in [0.25, 0.3) is 0 Å². The summed E-state index contributed by atoms with van der Waals surface area (Å²) in [6.07, 6.45) is 1.14. The van der Waals surface area contributed by atoms with E-state index in [-0.39, 0.29) is 5.91 Å². The number of ether oxygens (including phenoxy) is 2. The van der Waals surface area contributed by atoms with Crippen LogP contribution in [0.15, 0.2) is 24.3 Å². The molecule has 0 radical (unpaired) electrons. The predicted octanol–water partition coefficient (Wildman–Crippen LogP) is 1.03. The first kappa shape index (κ1) is 17.6. The van der Waals surface area contributed by atoms with Crippen molar-refractivity contribution in [1.29, 1.82) is 0 Å². The maximum absolute atomic E-state index is 11.7. The van der Waals surface area contributed by atoms with Crippen LogP contribution >= 0.6 is 12.2 Å². The molecule has 0 unspecified atom stereocenters. The Morgan fingerprint density at radius 2 is 1.95 bits per heavy atom. The lowest BCUT2D eigenvalue weighted by Gasteiger charge is -2.07. The van der Waals surface area contributed by atoms with Crippen molar-refractivity contribution in [2.75, 3.05) is 33.5 Å². The molecular weight excluding hydrogens is 288 g/mol. The molecule has 116 valence electrons. The number of benzene rings is 1. The molecule has 0 saturated heterocycles. The van der Waals surface area contributed by atoms with E-state index in [4.69, 9.17) is 27.4 Å². The molecule has 5 nitrogen and oxygen atoms in total. The Morgan fingerprint density at radius 1 is 1.24 bits per heavy atom. The first-order valence-corrected chi connectivity index (χ1v) is 7.26. The number of hydrogen-bond donors (Lipinski definition) is 2. The molecule has 0 fully saturated rings.